The van der Waals surface area contributed by atoms with Crippen LogP contribution < -0.4 is 0 Å². The van der Waals surface area contributed by atoms with Gasteiger partial charge in [-0.25, -0.2) is 0 Å². The maximum absolute atomic E-state index is 12.1. The van der Waals surface area contributed by atoms with Gasteiger partial charge >= 0.3 is 11.9 Å². The lowest BCUT2D eigenvalue weighted by atomic mass is 10.0. The highest BCUT2D eigenvalue weighted by atomic mass is 16.6. The fourth-order valence-corrected chi connectivity index (χ4v) is 5.68. The lowest BCUT2D eigenvalue weighted by molar-refractivity contribution is -0.161. The molecular formula is C38H74O5. The third-order valence-corrected chi connectivity index (χ3v) is 8.58. The quantitative estimate of drug-likeness (QED) is 0.0579. The van der Waals surface area contributed by atoms with Crippen LogP contribution in [-0.2, 0) is 19.1 Å². The maximum atomic E-state index is 12.1. The average Bonchev–Trinajstić information content (AvgIpc) is 2.99. The second-order valence-corrected chi connectivity index (χ2v) is 13.5. The number of hydrogen-bond acceptors (Lipinski definition) is 5. The summed E-state index contributed by atoms with van der Waals surface area (Å²) in [6, 6.07) is 0. The van der Waals surface area contributed by atoms with Crippen molar-refractivity contribution in [1.29, 1.82) is 0 Å². The van der Waals surface area contributed by atoms with Crippen LogP contribution in [0.1, 0.15) is 207 Å². The van der Waals surface area contributed by atoms with Crippen molar-refractivity contribution in [2.24, 2.45) is 5.92 Å². The van der Waals surface area contributed by atoms with E-state index in [1.807, 2.05) is 0 Å². The van der Waals surface area contributed by atoms with E-state index < -0.39 is 6.10 Å². The summed E-state index contributed by atoms with van der Waals surface area (Å²) in [7, 11) is 0. The summed E-state index contributed by atoms with van der Waals surface area (Å²) in [4.78, 5) is 24.1. The largest absolute Gasteiger partial charge is 0.462 e. The molecule has 0 unspecified atom stereocenters. The van der Waals surface area contributed by atoms with E-state index in [0.717, 1.165) is 44.4 Å². The number of carbonyl (C=O) groups excluding carboxylic acids is 2. The average molecular weight is 611 g/mol. The van der Waals surface area contributed by atoms with Crippen LogP contribution in [0.5, 0.6) is 0 Å². The van der Waals surface area contributed by atoms with Crippen LogP contribution in [0.4, 0.5) is 0 Å². The zero-order chi connectivity index (χ0) is 31.6. The van der Waals surface area contributed by atoms with Crippen LogP contribution in [0.3, 0.4) is 0 Å². The van der Waals surface area contributed by atoms with Gasteiger partial charge in [-0.05, 0) is 18.8 Å². The molecule has 0 aliphatic rings. The number of esters is 2. The second-order valence-electron chi connectivity index (χ2n) is 13.5. The van der Waals surface area contributed by atoms with Gasteiger partial charge in [0.2, 0.25) is 0 Å². The molecule has 256 valence electrons. The van der Waals surface area contributed by atoms with E-state index in [1.165, 1.54) is 135 Å². The minimum Gasteiger partial charge on any atom is -0.462 e. The maximum Gasteiger partial charge on any atom is 0.306 e. The molecule has 1 atom stereocenters. The summed E-state index contributed by atoms with van der Waals surface area (Å²) in [6.07, 6.45) is 34.5. The highest BCUT2D eigenvalue weighted by Crippen LogP contribution is 2.16. The Kier molecular flexibility index (Phi) is 32.9. The van der Waals surface area contributed by atoms with Gasteiger partial charge in [-0.2, -0.15) is 0 Å². The molecule has 0 heterocycles. The van der Waals surface area contributed by atoms with Crippen LogP contribution >= 0.6 is 0 Å². The van der Waals surface area contributed by atoms with Gasteiger partial charge in [-0.1, -0.05) is 181 Å². The van der Waals surface area contributed by atoms with Gasteiger partial charge in [0.15, 0.2) is 6.10 Å². The van der Waals surface area contributed by atoms with Gasteiger partial charge < -0.3 is 14.6 Å². The number of ether oxygens (including phenoxy) is 2. The lowest BCUT2D eigenvalue weighted by Crippen LogP contribution is -2.28. The normalized spacial score (nSPS) is 12.1. The van der Waals surface area contributed by atoms with Crippen LogP contribution in [-0.4, -0.2) is 36.4 Å². The van der Waals surface area contributed by atoms with Crippen molar-refractivity contribution in [2.45, 2.75) is 213 Å². The van der Waals surface area contributed by atoms with Gasteiger partial charge in [0.05, 0.1) is 6.61 Å². The third kappa shape index (κ3) is 33.6. The van der Waals surface area contributed by atoms with E-state index in [4.69, 9.17) is 9.47 Å². The van der Waals surface area contributed by atoms with Crippen molar-refractivity contribution in [3.63, 3.8) is 0 Å². The zero-order valence-electron chi connectivity index (χ0n) is 29.2. The highest BCUT2D eigenvalue weighted by Gasteiger charge is 2.16. The summed E-state index contributed by atoms with van der Waals surface area (Å²) in [5.74, 6) is 0.278. The molecule has 0 saturated heterocycles. The topological polar surface area (TPSA) is 72.8 Å². The molecule has 0 radical (unpaired) electrons. The van der Waals surface area contributed by atoms with Gasteiger partial charge in [0.1, 0.15) is 6.61 Å². The highest BCUT2D eigenvalue weighted by molar-refractivity contribution is 5.70. The predicted octanol–water partition coefficient (Wildman–Crippen LogP) is 11.4. The molecule has 5 heteroatoms. The Labute approximate surface area is 268 Å². The van der Waals surface area contributed by atoms with Gasteiger partial charge in [0.25, 0.3) is 0 Å². The minimum absolute atomic E-state index is 0.0581. The number of rotatable bonds is 34. The van der Waals surface area contributed by atoms with Crippen LogP contribution in [0.15, 0.2) is 0 Å². The minimum atomic E-state index is -0.760. The molecule has 0 aliphatic carbocycles. The van der Waals surface area contributed by atoms with Crippen LogP contribution in [0.25, 0.3) is 0 Å². The van der Waals surface area contributed by atoms with E-state index in [-0.39, 0.29) is 25.2 Å². The molecule has 0 aromatic heterocycles. The number of aliphatic hydroxyl groups is 1. The van der Waals surface area contributed by atoms with Crippen molar-refractivity contribution in [2.75, 3.05) is 13.2 Å². The predicted molar refractivity (Wildman–Crippen MR) is 182 cm³/mol. The molecule has 1 N–H and O–H groups in total. The third-order valence-electron chi connectivity index (χ3n) is 8.58. The van der Waals surface area contributed by atoms with Crippen molar-refractivity contribution < 1.29 is 24.2 Å². The zero-order valence-corrected chi connectivity index (χ0v) is 29.2. The molecule has 0 fully saturated rings. The number of hydrogen-bond donors (Lipinski definition) is 1. The Hall–Kier alpha value is -1.10. The number of unbranched alkanes of at least 4 members (excludes halogenated alkanes) is 24. The van der Waals surface area contributed by atoms with E-state index in [0.29, 0.717) is 12.8 Å². The first kappa shape index (κ1) is 41.9. The summed E-state index contributed by atoms with van der Waals surface area (Å²) in [5, 5.41) is 9.52. The summed E-state index contributed by atoms with van der Waals surface area (Å²) in [6.45, 7) is 6.50. The molecule has 0 bridgehead atoms. The molecule has 5 nitrogen and oxygen atoms in total. The molecule has 0 amide bonds. The van der Waals surface area contributed by atoms with Crippen molar-refractivity contribution in [3.05, 3.63) is 0 Å². The summed E-state index contributed by atoms with van der Waals surface area (Å²) >= 11 is 0. The molecule has 0 saturated carbocycles. The van der Waals surface area contributed by atoms with Crippen molar-refractivity contribution in [3.8, 4) is 0 Å². The second kappa shape index (κ2) is 33.8. The van der Waals surface area contributed by atoms with E-state index in [1.54, 1.807) is 0 Å². The Morgan fingerprint density at radius 1 is 0.512 bits per heavy atom. The Balaban J connectivity index is 3.48. The van der Waals surface area contributed by atoms with Crippen LogP contribution in [0.2, 0.25) is 0 Å². The Bertz CT molecular complexity index is 591. The molecule has 0 aromatic carbocycles. The molecule has 0 rings (SSSR count). The van der Waals surface area contributed by atoms with Gasteiger partial charge in [0, 0.05) is 12.8 Å². The van der Waals surface area contributed by atoms with E-state index >= 15 is 0 Å². The van der Waals surface area contributed by atoms with Gasteiger partial charge in [-0.3, -0.25) is 9.59 Å². The monoisotopic (exact) mass is 611 g/mol. The van der Waals surface area contributed by atoms with Crippen molar-refractivity contribution in [1.82, 2.24) is 0 Å². The molecular weight excluding hydrogens is 536 g/mol. The lowest BCUT2D eigenvalue weighted by Gasteiger charge is -2.15. The first-order valence-electron chi connectivity index (χ1n) is 19.0. The number of aliphatic hydroxyl groups excluding tert-OH is 1. The first-order valence-corrected chi connectivity index (χ1v) is 19.0. The summed E-state index contributed by atoms with van der Waals surface area (Å²) in [5.41, 5.74) is 0. The molecule has 0 aliphatic heterocycles. The fourth-order valence-electron chi connectivity index (χ4n) is 5.68. The van der Waals surface area contributed by atoms with Crippen molar-refractivity contribution >= 4 is 11.9 Å². The molecule has 0 aromatic rings. The fraction of sp³-hybridized carbons (Fsp3) is 0.947. The van der Waals surface area contributed by atoms with E-state index in [9.17, 15) is 14.7 Å². The summed E-state index contributed by atoms with van der Waals surface area (Å²) < 4.78 is 10.6. The molecule has 43 heavy (non-hydrogen) atoms. The molecule has 0 spiro atoms. The standard InChI is InChI=1S/C38H74O5/c1-4-5-6-7-8-9-19-22-25-28-31-37(40)42-34-36(33-39)43-38(41)32-29-26-23-20-17-15-13-11-10-12-14-16-18-21-24-27-30-35(2)3/h35-36,39H,4-34H2,1-3H3/t36-/m0/s1. The van der Waals surface area contributed by atoms with Crippen LogP contribution in [0, 0.1) is 5.92 Å². The SMILES string of the molecule is CCCCCCCCCCCCC(=O)OC[C@H](CO)OC(=O)CCCCCCCCCCCCCCCCCCC(C)C. The van der Waals surface area contributed by atoms with E-state index in [2.05, 4.69) is 20.8 Å². The number of carbonyl (C=O) groups is 2. The smallest absolute Gasteiger partial charge is 0.306 e. The first-order chi connectivity index (χ1) is 21.0. The van der Waals surface area contributed by atoms with Gasteiger partial charge in [-0.15, -0.1) is 0 Å². The Morgan fingerprint density at radius 2 is 0.860 bits per heavy atom. The Morgan fingerprint density at radius 3 is 1.23 bits per heavy atom.